The molecule has 6 rings (SSSR count). The van der Waals surface area contributed by atoms with Crippen molar-refractivity contribution in [3.63, 3.8) is 0 Å². The number of nitro benzene ring substituents is 1. The van der Waals surface area contributed by atoms with E-state index >= 15 is 0 Å². The maximum Gasteiger partial charge on any atom is 0.297 e. The number of carbonyl (C=O) groups excluding carboxylic acids is 3. The molecular weight excluding hydrogens is 508 g/mol. The molecule has 40 heavy (non-hydrogen) atoms. The highest BCUT2D eigenvalue weighted by atomic mass is 16.6. The summed E-state index contributed by atoms with van der Waals surface area (Å²) in [7, 11) is 1.38. The van der Waals surface area contributed by atoms with Crippen molar-refractivity contribution >= 4 is 40.1 Å². The Kier molecular flexibility index (Phi) is 5.76. The van der Waals surface area contributed by atoms with Crippen LogP contribution in [0.1, 0.15) is 37.8 Å². The van der Waals surface area contributed by atoms with E-state index in [2.05, 4.69) is 0 Å². The second kappa shape index (κ2) is 8.98. The summed E-state index contributed by atoms with van der Waals surface area (Å²) in [5, 5.41) is 12.0. The molecule has 3 aliphatic rings. The number of amides is 2. The van der Waals surface area contributed by atoms with Crippen LogP contribution in [-0.4, -0.2) is 29.6 Å². The van der Waals surface area contributed by atoms with Crippen LogP contribution < -0.4 is 9.64 Å². The van der Waals surface area contributed by atoms with Crippen molar-refractivity contribution in [1.82, 2.24) is 0 Å². The van der Waals surface area contributed by atoms with E-state index in [1.807, 2.05) is 67.6 Å². The molecule has 0 N–H and O–H groups in total. The Morgan fingerprint density at radius 1 is 0.875 bits per heavy atom. The predicted octanol–water partition coefficient (Wildman–Crippen LogP) is 5.71. The Morgan fingerprint density at radius 3 is 2.00 bits per heavy atom. The fourth-order valence-corrected chi connectivity index (χ4v) is 7.56. The van der Waals surface area contributed by atoms with Crippen LogP contribution in [0, 0.1) is 32.8 Å². The molecule has 0 radical (unpaired) electrons. The minimum absolute atomic E-state index is 0.111. The Bertz CT molecular complexity index is 1610. The molecule has 0 aromatic heterocycles. The first-order valence-electron chi connectivity index (χ1n) is 13.3. The van der Waals surface area contributed by atoms with Crippen molar-refractivity contribution < 1.29 is 24.0 Å². The summed E-state index contributed by atoms with van der Waals surface area (Å²) in [6.07, 6.45) is 0.980. The second-order valence-electron chi connectivity index (χ2n) is 10.8. The summed E-state index contributed by atoms with van der Waals surface area (Å²) in [4.78, 5) is 55.7. The monoisotopic (exact) mass is 536 g/mol. The van der Waals surface area contributed by atoms with Gasteiger partial charge in [0, 0.05) is 0 Å². The molecule has 2 amide bonds. The van der Waals surface area contributed by atoms with Gasteiger partial charge in [-0.25, -0.2) is 4.90 Å². The lowest BCUT2D eigenvalue weighted by Gasteiger charge is -2.37. The number of ketones is 1. The number of nitrogens with zero attached hydrogens (tertiary/aromatic N) is 2. The van der Waals surface area contributed by atoms with Crippen molar-refractivity contribution in [1.29, 1.82) is 0 Å². The number of anilines is 1. The van der Waals surface area contributed by atoms with Gasteiger partial charge in [0.15, 0.2) is 5.78 Å². The third-order valence-electron chi connectivity index (χ3n) is 8.94. The first-order valence-corrected chi connectivity index (χ1v) is 13.3. The normalized spacial score (nSPS) is 27.0. The lowest BCUT2D eigenvalue weighted by molar-refractivity contribution is -0.384. The number of nitro groups is 1. The van der Waals surface area contributed by atoms with Gasteiger partial charge in [-0.2, -0.15) is 0 Å². The van der Waals surface area contributed by atoms with Crippen LogP contribution in [0.4, 0.5) is 11.4 Å². The van der Waals surface area contributed by atoms with E-state index in [1.54, 1.807) is 6.92 Å². The zero-order valence-corrected chi connectivity index (χ0v) is 22.4. The summed E-state index contributed by atoms with van der Waals surface area (Å²) < 4.78 is 5.16. The predicted molar refractivity (Wildman–Crippen MR) is 149 cm³/mol. The fraction of sp³-hybridized carbons (Fsp3) is 0.281. The van der Waals surface area contributed by atoms with Gasteiger partial charge < -0.3 is 4.74 Å². The Hall–Kier alpha value is -4.59. The number of hydrogen-bond acceptors (Lipinski definition) is 6. The van der Waals surface area contributed by atoms with Gasteiger partial charge in [0.25, 0.3) is 5.69 Å². The number of Topliss-reactive ketones (excluding diaryl/α,β-unsaturated/α-hetero) is 1. The topological polar surface area (TPSA) is 107 Å². The number of ether oxygens (including phenoxy) is 1. The highest BCUT2D eigenvalue weighted by Crippen LogP contribution is 2.75. The van der Waals surface area contributed by atoms with Crippen molar-refractivity contribution in [2.45, 2.75) is 26.7 Å². The van der Waals surface area contributed by atoms with Crippen LogP contribution >= 0.6 is 0 Å². The van der Waals surface area contributed by atoms with E-state index in [0.29, 0.717) is 12.8 Å². The number of hydrogen-bond donors (Lipinski definition) is 0. The Morgan fingerprint density at radius 2 is 1.45 bits per heavy atom. The maximum atomic E-state index is 14.7. The molecule has 0 spiro atoms. The highest BCUT2D eigenvalue weighted by Gasteiger charge is 2.80. The van der Waals surface area contributed by atoms with Gasteiger partial charge in [0.2, 0.25) is 11.8 Å². The number of allylic oxidation sites excluding steroid dienone is 2. The summed E-state index contributed by atoms with van der Waals surface area (Å²) in [6.45, 7) is 3.74. The average Bonchev–Trinajstić information content (AvgIpc) is 3.43. The summed E-state index contributed by atoms with van der Waals surface area (Å²) >= 11 is 0. The van der Waals surface area contributed by atoms with Crippen LogP contribution in [0.2, 0.25) is 0 Å². The van der Waals surface area contributed by atoms with E-state index < -0.39 is 45.1 Å². The van der Waals surface area contributed by atoms with Crippen LogP contribution in [0.15, 0.2) is 78.9 Å². The molecular formula is C32H28N2O6. The van der Waals surface area contributed by atoms with Crippen LogP contribution in [0.25, 0.3) is 11.1 Å². The summed E-state index contributed by atoms with van der Waals surface area (Å²) in [6, 6.07) is 23.2. The van der Waals surface area contributed by atoms with Gasteiger partial charge in [-0.1, -0.05) is 74.0 Å². The SMILES string of the molecule is CCC[C@@]12C(=O)[C@@](C)(C(c3ccccc3)=C1c1ccccc1)[C@H]1C(=O)N(c3ccc(OC)cc3[N+](=O)[O-])C(=O)[C@H]12. The van der Waals surface area contributed by atoms with Gasteiger partial charge in [0.1, 0.15) is 11.4 Å². The molecule has 4 atom stereocenters. The smallest absolute Gasteiger partial charge is 0.297 e. The zero-order valence-electron chi connectivity index (χ0n) is 22.4. The molecule has 1 saturated carbocycles. The molecule has 1 saturated heterocycles. The molecule has 1 heterocycles. The van der Waals surface area contributed by atoms with Gasteiger partial charge in [-0.3, -0.25) is 24.5 Å². The van der Waals surface area contributed by atoms with Gasteiger partial charge in [0.05, 0.1) is 40.8 Å². The fourth-order valence-electron chi connectivity index (χ4n) is 7.56. The number of imide groups is 1. The quantitative estimate of drug-likeness (QED) is 0.218. The summed E-state index contributed by atoms with van der Waals surface area (Å²) in [5.41, 5.74) is 0.128. The minimum atomic E-state index is -1.30. The van der Waals surface area contributed by atoms with Crippen molar-refractivity contribution in [3.8, 4) is 5.75 Å². The molecule has 8 nitrogen and oxygen atoms in total. The molecule has 2 fully saturated rings. The third-order valence-corrected chi connectivity index (χ3v) is 8.94. The summed E-state index contributed by atoms with van der Waals surface area (Å²) in [5.74, 6) is -3.00. The molecule has 2 bridgehead atoms. The van der Waals surface area contributed by atoms with Crippen molar-refractivity contribution in [3.05, 3.63) is 100 Å². The van der Waals surface area contributed by atoms with Gasteiger partial charge in [-0.15, -0.1) is 0 Å². The van der Waals surface area contributed by atoms with Crippen molar-refractivity contribution in [2.75, 3.05) is 12.0 Å². The van der Waals surface area contributed by atoms with Crippen molar-refractivity contribution in [2.24, 2.45) is 22.7 Å². The van der Waals surface area contributed by atoms with Crippen LogP contribution in [0.3, 0.4) is 0 Å². The minimum Gasteiger partial charge on any atom is -0.496 e. The number of fused-ring (bicyclic) bond motifs is 5. The number of methoxy groups -OCH3 is 1. The molecule has 202 valence electrons. The zero-order chi connectivity index (χ0) is 28.4. The first kappa shape index (κ1) is 25.7. The lowest BCUT2D eigenvalue weighted by Crippen LogP contribution is -2.41. The maximum absolute atomic E-state index is 14.7. The first-order chi connectivity index (χ1) is 19.2. The van der Waals surface area contributed by atoms with Crippen LogP contribution in [-0.2, 0) is 14.4 Å². The molecule has 8 heteroatoms. The van der Waals surface area contributed by atoms with E-state index in [9.17, 15) is 24.5 Å². The molecule has 2 aliphatic carbocycles. The van der Waals surface area contributed by atoms with E-state index in [0.717, 1.165) is 27.2 Å². The largest absolute Gasteiger partial charge is 0.496 e. The Labute approximate surface area is 231 Å². The van der Waals surface area contributed by atoms with Gasteiger partial charge >= 0.3 is 0 Å². The van der Waals surface area contributed by atoms with E-state index in [4.69, 9.17) is 4.74 Å². The molecule has 0 unspecified atom stereocenters. The number of rotatable bonds is 7. The molecule has 3 aromatic carbocycles. The van der Waals surface area contributed by atoms with Gasteiger partial charge in [-0.05, 0) is 47.8 Å². The highest BCUT2D eigenvalue weighted by molar-refractivity contribution is 6.35. The van der Waals surface area contributed by atoms with Crippen LogP contribution in [0.5, 0.6) is 5.75 Å². The molecule has 3 aromatic rings. The third kappa shape index (κ3) is 3.10. The Balaban J connectivity index is 1.63. The number of carbonyl (C=O) groups is 3. The lowest BCUT2D eigenvalue weighted by atomic mass is 9.61. The number of benzene rings is 3. The van der Waals surface area contributed by atoms with E-state index in [-0.39, 0.29) is 17.2 Å². The standard InChI is InChI=1S/C32H28N2O6/c1-4-17-32-25(20-13-9-6-10-14-20)24(19-11-7-5-8-12-19)31(2,30(32)37)26-27(32)29(36)33(28(26)35)22-16-15-21(40-3)18-23(22)34(38)39/h5-16,18,26-27H,4,17H2,1-3H3/t26-,27+,31+,32-/m1/s1. The average molecular weight is 537 g/mol. The van der Waals surface area contributed by atoms with E-state index in [1.165, 1.54) is 25.3 Å². The molecule has 1 aliphatic heterocycles. The second-order valence-corrected chi connectivity index (χ2v) is 10.8.